The van der Waals surface area contributed by atoms with Crippen molar-refractivity contribution in [3.63, 3.8) is 0 Å². The Kier molecular flexibility index (Phi) is 10.8. The Morgan fingerprint density at radius 2 is 1.45 bits per heavy atom. The zero-order valence-electron chi connectivity index (χ0n) is 14.0. The number of carboxylic acid groups (broad SMARTS) is 2. The van der Waals surface area contributed by atoms with E-state index in [1.165, 1.54) is 0 Å². The van der Waals surface area contributed by atoms with Crippen LogP contribution >= 0.6 is 0 Å². The van der Waals surface area contributed by atoms with Gasteiger partial charge in [0.2, 0.25) is 0 Å². The minimum Gasteiger partial charge on any atom is -0.481 e. The van der Waals surface area contributed by atoms with Gasteiger partial charge >= 0.3 is 11.9 Å². The Bertz CT molecular complexity index is 323. The average molecular weight is 318 g/mol. The largest absolute Gasteiger partial charge is 0.481 e. The lowest BCUT2D eigenvalue weighted by Crippen LogP contribution is -2.45. The van der Waals surface area contributed by atoms with Gasteiger partial charge in [-0.15, -0.1) is 0 Å². The fourth-order valence-electron chi connectivity index (χ4n) is 2.58. The molecule has 0 amide bonds. The van der Waals surface area contributed by atoms with Gasteiger partial charge in [0.15, 0.2) is 5.79 Å². The van der Waals surface area contributed by atoms with Gasteiger partial charge in [0.25, 0.3) is 0 Å². The van der Waals surface area contributed by atoms with Crippen LogP contribution in [0.15, 0.2) is 0 Å². The molecule has 130 valence electrons. The third-order valence-electron chi connectivity index (χ3n) is 3.68. The highest BCUT2D eigenvalue weighted by Gasteiger charge is 2.40. The number of unbranched alkanes of at least 4 members (excludes halogenated alkanes) is 4. The number of hydrogen-bond donors (Lipinski definition) is 2. The third kappa shape index (κ3) is 8.34. The normalized spacial score (nSPS) is 13.0. The van der Waals surface area contributed by atoms with Crippen molar-refractivity contribution in [3.8, 4) is 0 Å². The molecule has 6 nitrogen and oxygen atoms in total. The average Bonchev–Trinajstić information content (AvgIpc) is 2.41. The van der Waals surface area contributed by atoms with Crippen molar-refractivity contribution in [1.82, 2.24) is 0 Å². The SMILES string of the molecule is CCOC(C)(OCC)C(CCCCCCCC(=O)O)C(=O)O. The van der Waals surface area contributed by atoms with Crippen molar-refractivity contribution in [3.05, 3.63) is 0 Å². The molecule has 1 unspecified atom stereocenters. The Hall–Kier alpha value is -1.14. The highest BCUT2D eigenvalue weighted by Crippen LogP contribution is 2.29. The number of rotatable bonds is 14. The molecule has 22 heavy (non-hydrogen) atoms. The van der Waals surface area contributed by atoms with Crippen LogP contribution in [-0.2, 0) is 19.1 Å². The van der Waals surface area contributed by atoms with Gasteiger partial charge in [-0.1, -0.05) is 25.7 Å². The monoisotopic (exact) mass is 318 g/mol. The summed E-state index contributed by atoms with van der Waals surface area (Å²) >= 11 is 0. The van der Waals surface area contributed by atoms with Crippen molar-refractivity contribution in [2.24, 2.45) is 5.92 Å². The van der Waals surface area contributed by atoms with Crippen molar-refractivity contribution < 1.29 is 29.3 Å². The Morgan fingerprint density at radius 1 is 0.955 bits per heavy atom. The molecule has 0 aromatic carbocycles. The van der Waals surface area contributed by atoms with Crippen LogP contribution in [-0.4, -0.2) is 41.2 Å². The second-order valence-electron chi connectivity index (χ2n) is 5.47. The summed E-state index contributed by atoms with van der Waals surface area (Å²) in [5.74, 6) is -3.48. The predicted octanol–water partition coefficient (Wildman–Crippen LogP) is 3.29. The second kappa shape index (κ2) is 11.4. The summed E-state index contributed by atoms with van der Waals surface area (Å²) in [5, 5.41) is 18.0. The summed E-state index contributed by atoms with van der Waals surface area (Å²) in [6.45, 7) is 6.12. The molecule has 0 aliphatic heterocycles. The van der Waals surface area contributed by atoms with Crippen molar-refractivity contribution in [1.29, 1.82) is 0 Å². The fraction of sp³-hybridized carbons (Fsp3) is 0.875. The van der Waals surface area contributed by atoms with Gasteiger partial charge in [-0.25, -0.2) is 0 Å². The highest BCUT2D eigenvalue weighted by molar-refractivity contribution is 5.71. The minimum absolute atomic E-state index is 0.199. The van der Waals surface area contributed by atoms with Crippen molar-refractivity contribution >= 4 is 11.9 Å². The molecule has 0 fully saturated rings. The molecular weight excluding hydrogens is 288 g/mol. The standard InChI is InChI=1S/C16H30O6/c1-4-21-16(3,22-5-2)13(15(19)20)11-9-7-6-8-10-12-14(17)18/h13H,4-12H2,1-3H3,(H,17,18)(H,19,20). The predicted molar refractivity (Wildman–Crippen MR) is 82.7 cm³/mol. The van der Waals surface area contributed by atoms with E-state index in [1.807, 2.05) is 13.8 Å². The van der Waals surface area contributed by atoms with Crippen LogP contribution in [0.1, 0.15) is 65.7 Å². The maximum absolute atomic E-state index is 11.5. The molecule has 0 aliphatic carbocycles. The van der Waals surface area contributed by atoms with E-state index in [0.29, 0.717) is 26.1 Å². The topological polar surface area (TPSA) is 93.1 Å². The summed E-state index contributed by atoms with van der Waals surface area (Å²) in [6, 6.07) is 0. The van der Waals surface area contributed by atoms with E-state index in [2.05, 4.69) is 0 Å². The highest BCUT2D eigenvalue weighted by atomic mass is 16.7. The smallest absolute Gasteiger partial charge is 0.311 e. The van der Waals surface area contributed by atoms with Crippen LogP contribution in [0.3, 0.4) is 0 Å². The van der Waals surface area contributed by atoms with Gasteiger partial charge in [-0.2, -0.15) is 0 Å². The fourth-order valence-corrected chi connectivity index (χ4v) is 2.58. The molecule has 0 heterocycles. The number of ether oxygens (including phenoxy) is 2. The van der Waals surface area contributed by atoms with Gasteiger partial charge in [-0.05, 0) is 33.6 Å². The lowest BCUT2D eigenvalue weighted by atomic mass is 9.92. The first kappa shape index (κ1) is 20.9. The number of carboxylic acids is 2. The maximum atomic E-state index is 11.5. The van der Waals surface area contributed by atoms with Gasteiger partial charge in [0.05, 0.1) is 0 Å². The molecule has 2 N–H and O–H groups in total. The lowest BCUT2D eigenvalue weighted by Gasteiger charge is -2.34. The van der Waals surface area contributed by atoms with Gasteiger partial charge in [-0.3, -0.25) is 9.59 Å². The molecule has 0 bridgehead atoms. The van der Waals surface area contributed by atoms with E-state index < -0.39 is 23.6 Å². The molecule has 0 aromatic rings. The molecule has 0 spiro atoms. The van der Waals surface area contributed by atoms with Gasteiger partial charge < -0.3 is 19.7 Å². The Morgan fingerprint density at radius 3 is 1.91 bits per heavy atom. The maximum Gasteiger partial charge on any atom is 0.311 e. The summed E-state index contributed by atoms with van der Waals surface area (Å²) < 4.78 is 11.1. The van der Waals surface area contributed by atoms with E-state index in [-0.39, 0.29) is 6.42 Å². The molecule has 0 saturated heterocycles. The molecule has 0 radical (unpaired) electrons. The van der Waals surface area contributed by atoms with Crippen LogP contribution < -0.4 is 0 Å². The minimum atomic E-state index is -1.10. The van der Waals surface area contributed by atoms with Crippen molar-refractivity contribution in [2.45, 2.75) is 71.5 Å². The number of aliphatic carboxylic acids is 2. The van der Waals surface area contributed by atoms with E-state index in [0.717, 1.165) is 25.7 Å². The molecule has 1 atom stereocenters. The summed E-state index contributed by atoms with van der Waals surface area (Å²) in [5.41, 5.74) is 0. The first-order valence-corrected chi connectivity index (χ1v) is 8.09. The molecule has 0 aliphatic rings. The zero-order chi connectivity index (χ0) is 17.0. The van der Waals surface area contributed by atoms with Crippen LogP contribution in [0.25, 0.3) is 0 Å². The van der Waals surface area contributed by atoms with Crippen LogP contribution in [0, 0.1) is 5.92 Å². The summed E-state index contributed by atoms with van der Waals surface area (Å²) in [6.07, 6.45) is 4.79. The number of carbonyl (C=O) groups is 2. The molecule has 0 aromatic heterocycles. The Labute approximate surface area is 132 Å². The third-order valence-corrected chi connectivity index (χ3v) is 3.68. The van der Waals surface area contributed by atoms with E-state index in [1.54, 1.807) is 6.92 Å². The number of hydrogen-bond acceptors (Lipinski definition) is 4. The van der Waals surface area contributed by atoms with Gasteiger partial charge in [0, 0.05) is 19.6 Å². The first-order valence-electron chi connectivity index (χ1n) is 8.09. The Balaban J connectivity index is 4.23. The lowest BCUT2D eigenvalue weighted by molar-refractivity contribution is -0.253. The van der Waals surface area contributed by atoms with Crippen LogP contribution in [0.4, 0.5) is 0 Å². The van der Waals surface area contributed by atoms with Gasteiger partial charge in [0.1, 0.15) is 5.92 Å². The molecule has 0 rings (SSSR count). The molecular formula is C16H30O6. The second-order valence-corrected chi connectivity index (χ2v) is 5.47. The first-order chi connectivity index (χ1) is 10.4. The van der Waals surface area contributed by atoms with Crippen LogP contribution in [0.2, 0.25) is 0 Å². The molecule has 0 saturated carbocycles. The van der Waals surface area contributed by atoms with E-state index >= 15 is 0 Å². The summed E-state index contributed by atoms with van der Waals surface area (Å²) in [7, 11) is 0. The van der Waals surface area contributed by atoms with E-state index in [4.69, 9.17) is 14.6 Å². The van der Waals surface area contributed by atoms with E-state index in [9.17, 15) is 14.7 Å². The zero-order valence-corrected chi connectivity index (χ0v) is 14.0. The quantitative estimate of drug-likeness (QED) is 0.377. The van der Waals surface area contributed by atoms with Crippen molar-refractivity contribution in [2.75, 3.05) is 13.2 Å². The van der Waals surface area contributed by atoms with Crippen LogP contribution in [0.5, 0.6) is 0 Å². The summed E-state index contributed by atoms with van der Waals surface area (Å²) in [4.78, 5) is 21.9. The molecule has 6 heteroatoms.